The Morgan fingerprint density at radius 1 is 1.39 bits per heavy atom. The number of nitrogens with zero attached hydrogens (tertiary/aromatic N) is 1. The van der Waals surface area contributed by atoms with Crippen LogP contribution in [0.4, 0.5) is 5.69 Å². The Labute approximate surface area is 106 Å². The average molecular weight is 247 g/mol. The van der Waals surface area contributed by atoms with E-state index in [1.54, 1.807) is 6.92 Å². The molecule has 2 atom stereocenters. The van der Waals surface area contributed by atoms with Crippen LogP contribution in [0, 0.1) is 0 Å². The van der Waals surface area contributed by atoms with Gasteiger partial charge in [-0.15, -0.1) is 0 Å². The van der Waals surface area contributed by atoms with Crippen molar-refractivity contribution in [3.63, 3.8) is 0 Å². The Balaban J connectivity index is 2.16. The Morgan fingerprint density at radius 3 is 2.83 bits per heavy atom. The first-order valence-electron chi connectivity index (χ1n) is 6.01. The highest BCUT2D eigenvalue weighted by molar-refractivity contribution is 5.74. The molecule has 0 aromatic heterocycles. The number of anilines is 1. The highest BCUT2D eigenvalue weighted by Crippen LogP contribution is 2.27. The summed E-state index contributed by atoms with van der Waals surface area (Å²) in [4.78, 5) is 13.3. The zero-order valence-corrected chi connectivity index (χ0v) is 10.5. The van der Waals surface area contributed by atoms with Crippen LogP contribution in [0.25, 0.3) is 0 Å². The quantitative estimate of drug-likeness (QED) is 0.828. The summed E-state index contributed by atoms with van der Waals surface area (Å²) in [6, 6.07) is 7.98. The minimum Gasteiger partial charge on any atom is -0.440 e. The molecule has 0 spiro atoms. The van der Waals surface area contributed by atoms with Gasteiger partial charge < -0.3 is 14.7 Å². The van der Waals surface area contributed by atoms with E-state index in [0.29, 0.717) is 0 Å². The van der Waals surface area contributed by atoms with Crippen molar-refractivity contribution in [3.8, 4) is 0 Å². The molecular formula is C14H17NO3. The molecule has 0 fully saturated rings. The van der Waals surface area contributed by atoms with Crippen molar-refractivity contribution in [2.75, 3.05) is 4.90 Å². The van der Waals surface area contributed by atoms with E-state index >= 15 is 0 Å². The van der Waals surface area contributed by atoms with Crippen LogP contribution in [-0.4, -0.2) is 23.4 Å². The van der Waals surface area contributed by atoms with Gasteiger partial charge in [0.05, 0.1) is 0 Å². The van der Waals surface area contributed by atoms with E-state index in [1.807, 2.05) is 35.4 Å². The fourth-order valence-corrected chi connectivity index (χ4v) is 1.95. The van der Waals surface area contributed by atoms with Crippen molar-refractivity contribution in [2.45, 2.75) is 32.6 Å². The van der Waals surface area contributed by atoms with E-state index in [2.05, 4.69) is 6.07 Å². The lowest BCUT2D eigenvalue weighted by Gasteiger charge is -2.31. The summed E-state index contributed by atoms with van der Waals surface area (Å²) < 4.78 is 5.19. The number of carbonyl (C=O) groups excluding carboxylic acids is 1. The highest BCUT2D eigenvalue weighted by atomic mass is 16.6. The van der Waals surface area contributed by atoms with E-state index < -0.39 is 18.3 Å². The number of esters is 1. The summed E-state index contributed by atoms with van der Waals surface area (Å²) in [6.45, 7) is 3.18. The number of hydrogen-bond acceptors (Lipinski definition) is 4. The minimum absolute atomic E-state index is 0.440. The highest BCUT2D eigenvalue weighted by Gasteiger charge is 2.22. The zero-order valence-electron chi connectivity index (χ0n) is 10.5. The summed E-state index contributed by atoms with van der Waals surface area (Å²) in [6.07, 6.45) is 3.27. The van der Waals surface area contributed by atoms with Crippen molar-refractivity contribution >= 4 is 11.7 Å². The van der Waals surface area contributed by atoms with Crippen molar-refractivity contribution in [3.05, 3.63) is 42.1 Å². The molecule has 0 aliphatic carbocycles. The molecule has 4 nitrogen and oxygen atoms in total. The molecule has 18 heavy (non-hydrogen) atoms. The number of allylic oxidation sites excluding steroid dienone is 1. The van der Waals surface area contributed by atoms with Crippen molar-refractivity contribution in [1.82, 2.24) is 0 Å². The summed E-state index contributed by atoms with van der Waals surface area (Å²) in [5.41, 5.74) is 2.23. The first-order chi connectivity index (χ1) is 8.59. The van der Waals surface area contributed by atoms with E-state index in [1.165, 1.54) is 12.5 Å². The van der Waals surface area contributed by atoms with E-state index in [9.17, 15) is 4.79 Å². The van der Waals surface area contributed by atoms with Crippen LogP contribution in [0.1, 0.15) is 19.4 Å². The monoisotopic (exact) mass is 247 g/mol. The molecule has 0 amide bonds. The number of fused-ring (bicyclic) bond motifs is 1. The first-order valence-corrected chi connectivity index (χ1v) is 6.01. The molecule has 2 rings (SSSR count). The number of benzene rings is 1. The summed E-state index contributed by atoms with van der Waals surface area (Å²) in [7, 11) is 0. The third kappa shape index (κ3) is 2.54. The number of rotatable bonds is 3. The number of carbonyl (C=O) groups is 1. The molecule has 0 saturated carbocycles. The maximum Gasteiger partial charge on any atom is 0.336 e. The lowest BCUT2D eigenvalue weighted by Crippen LogP contribution is -2.36. The van der Waals surface area contributed by atoms with Gasteiger partial charge in [-0.1, -0.05) is 24.3 Å². The van der Waals surface area contributed by atoms with Gasteiger partial charge in [-0.3, -0.25) is 0 Å². The van der Waals surface area contributed by atoms with E-state index in [-0.39, 0.29) is 0 Å². The number of hydrogen-bond donors (Lipinski definition) is 1. The van der Waals surface area contributed by atoms with Gasteiger partial charge in [0, 0.05) is 11.9 Å². The van der Waals surface area contributed by atoms with Gasteiger partial charge >= 0.3 is 5.97 Å². The van der Waals surface area contributed by atoms with Crippen molar-refractivity contribution < 1.29 is 14.6 Å². The topological polar surface area (TPSA) is 49.8 Å². The molecule has 1 aromatic rings. The molecule has 1 aliphatic rings. The second-order valence-electron chi connectivity index (χ2n) is 4.34. The molecule has 2 unspecified atom stereocenters. The Kier molecular flexibility index (Phi) is 3.67. The first kappa shape index (κ1) is 12.6. The largest absolute Gasteiger partial charge is 0.440 e. The second kappa shape index (κ2) is 5.23. The van der Waals surface area contributed by atoms with Crippen LogP contribution < -0.4 is 4.90 Å². The number of aliphatic hydroxyl groups is 1. The molecule has 1 aliphatic heterocycles. The molecule has 1 heterocycles. The third-order valence-corrected chi connectivity index (χ3v) is 2.89. The maximum absolute atomic E-state index is 11.4. The Hall–Kier alpha value is -1.81. The van der Waals surface area contributed by atoms with Gasteiger partial charge in [-0.2, -0.15) is 0 Å². The van der Waals surface area contributed by atoms with Crippen molar-refractivity contribution in [2.24, 2.45) is 0 Å². The number of ether oxygens (including phenoxy) is 1. The van der Waals surface area contributed by atoms with Crippen LogP contribution in [-0.2, 0) is 16.0 Å². The van der Waals surface area contributed by atoms with Gasteiger partial charge in [-0.25, -0.2) is 4.79 Å². The molecule has 0 radical (unpaired) electrons. The molecule has 0 saturated heterocycles. The lowest BCUT2D eigenvalue weighted by atomic mass is 10.1. The fraction of sp³-hybridized carbons (Fsp3) is 0.357. The predicted molar refractivity (Wildman–Crippen MR) is 69.0 cm³/mol. The van der Waals surface area contributed by atoms with Crippen LogP contribution in [0.3, 0.4) is 0 Å². The smallest absolute Gasteiger partial charge is 0.336 e. The SMILES string of the molecule is CC(O)C(=O)OC(C)N1C=CCc2ccccc21. The number of aliphatic hydroxyl groups excluding tert-OH is 1. The molecule has 1 aromatic carbocycles. The number of para-hydroxylation sites is 1. The molecule has 0 bridgehead atoms. The van der Waals surface area contributed by atoms with Crippen LogP contribution >= 0.6 is 0 Å². The Bertz CT molecular complexity index is 468. The van der Waals surface area contributed by atoms with Crippen LogP contribution in [0.15, 0.2) is 36.5 Å². The molecule has 96 valence electrons. The van der Waals surface area contributed by atoms with Gasteiger partial charge in [-0.05, 0) is 31.9 Å². The fourth-order valence-electron chi connectivity index (χ4n) is 1.95. The van der Waals surface area contributed by atoms with Gasteiger partial charge in [0.15, 0.2) is 6.23 Å². The second-order valence-corrected chi connectivity index (χ2v) is 4.34. The van der Waals surface area contributed by atoms with Gasteiger partial charge in [0.2, 0.25) is 0 Å². The maximum atomic E-state index is 11.4. The van der Waals surface area contributed by atoms with E-state index in [0.717, 1.165) is 12.1 Å². The van der Waals surface area contributed by atoms with Crippen molar-refractivity contribution in [1.29, 1.82) is 0 Å². The molecule has 1 N–H and O–H groups in total. The van der Waals surface area contributed by atoms with E-state index in [4.69, 9.17) is 9.84 Å². The molecule has 4 heteroatoms. The minimum atomic E-state index is -1.10. The van der Waals surface area contributed by atoms with Crippen LogP contribution in [0.2, 0.25) is 0 Å². The Morgan fingerprint density at radius 2 is 2.11 bits per heavy atom. The third-order valence-electron chi connectivity index (χ3n) is 2.89. The molecular weight excluding hydrogens is 230 g/mol. The normalized spacial score (nSPS) is 16.9. The summed E-state index contributed by atoms with van der Waals surface area (Å²) in [5.74, 6) is -0.612. The average Bonchev–Trinajstić information content (AvgIpc) is 2.37. The zero-order chi connectivity index (χ0) is 13.1. The lowest BCUT2D eigenvalue weighted by molar-refractivity contribution is -0.156. The van der Waals surface area contributed by atoms with Crippen LogP contribution in [0.5, 0.6) is 0 Å². The van der Waals surface area contributed by atoms with Gasteiger partial charge in [0.25, 0.3) is 0 Å². The van der Waals surface area contributed by atoms with Gasteiger partial charge in [0.1, 0.15) is 6.10 Å². The standard InChI is InChI=1S/C14H17NO3/c1-10(16)14(17)18-11(2)15-9-5-7-12-6-3-4-8-13(12)15/h3-6,8-11,16H,7H2,1-2H3. The summed E-state index contributed by atoms with van der Waals surface area (Å²) in [5, 5.41) is 9.15. The summed E-state index contributed by atoms with van der Waals surface area (Å²) >= 11 is 0. The predicted octanol–water partition coefficient (Wildman–Crippen LogP) is 1.83.